The van der Waals surface area contributed by atoms with Crippen LogP contribution in [0.5, 0.6) is 23.0 Å². The highest BCUT2D eigenvalue weighted by molar-refractivity contribution is 5.96. The standard InChI is InChI=1S/C21H21NO6/c1-25-14-5-12(6-15(9-14)26-2)18-11-19(22-20(18)21(23)24)13-7-16(27-3)10-17(8-13)28-4/h5-11,22H,1-4H3,(H,23,24). The fourth-order valence-corrected chi connectivity index (χ4v) is 2.93. The van der Waals surface area contributed by atoms with E-state index in [2.05, 4.69) is 4.98 Å². The molecule has 1 aromatic heterocycles. The minimum absolute atomic E-state index is 0.0621. The monoisotopic (exact) mass is 383 g/mol. The van der Waals surface area contributed by atoms with Crippen LogP contribution in [0.2, 0.25) is 0 Å². The molecule has 3 aromatic rings. The van der Waals surface area contributed by atoms with Gasteiger partial charge >= 0.3 is 5.97 Å². The Morgan fingerprint density at radius 3 is 1.54 bits per heavy atom. The summed E-state index contributed by atoms with van der Waals surface area (Å²) in [6, 6.07) is 12.4. The summed E-state index contributed by atoms with van der Waals surface area (Å²) in [7, 11) is 6.21. The molecule has 3 rings (SSSR count). The van der Waals surface area contributed by atoms with E-state index in [1.807, 2.05) is 0 Å². The maximum atomic E-state index is 11.9. The maximum absolute atomic E-state index is 11.9. The minimum Gasteiger partial charge on any atom is -0.497 e. The molecule has 0 aliphatic rings. The summed E-state index contributed by atoms with van der Waals surface area (Å²) >= 11 is 0. The summed E-state index contributed by atoms with van der Waals surface area (Å²) < 4.78 is 21.2. The van der Waals surface area contributed by atoms with Gasteiger partial charge in [0.2, 0.25) is 0 Å². The number of rotatable bonds is 7. The molecule has 0 saturated heterocycles. The van der Waals surface area contributed by atoms with E-state index < -0.39 is 5.97 Å². The lowest BCUT2D eigenvalue weighted by Crippen LogP contribution is -1.99. The van der Waals surface area contributed by atoms with Gasteiger partial charge in [-0.15, -0.1) is 0 Å². The van der Waals surface area contributed by atoms with Crippen molar-refractivity contribution in [3.8, 4) is 45.4 Å². The van der Waals surface area contributed by atoms with Gasteiger partial charge in [-0.3, -0.25) is 0 Å². The number of carboxylic acid groups (broad SMARTS) is 1. The van der Waals surface area contributed by atoms with Crippen LogP contribution in [-0.4, -0.2) is 44.5 Å². The number of aromatic amines is 1. The fourth-order valence-electron chi connectivity index (χ4n) is 2.93. The fraction of sp³-hybridized carbons (Fsp3) is 0.190. The summed E-state index contributed by atoms with van der Waals surface area (Å²) in [4.78, 5) is 14.8. The van der Waals surface area contributed by atoms with Crippen LogP contribution < -0.4 is 18.9 Å². The highest BCUT2D eigenvalue weighted by Gasteiger charge is 2.19. The average Bonchev–Trinajstić information content (AvgIpc) is 3.18. The van der Waals surface area contributed by atoms with Crippen LogP contribution in [0.3, 0.4) is 0 Å². The van der Waals surface area contributed by atoms with Gasteiger partial charge in [0.05, 0.1) is 28.4 Å². The van der Waals surface area contributed by atoms with E-state index in [9.17, 15) is 9.90 Å². The summed E-state index contributed by atoms with van der Waals surface area (Å²) in [5.74, 6) is 1.27. The molecule has 0 aliphatic heterocycles. The number of nitrogens with one attached hydrogen (secondary N) is 1. The van der Waals surface area contributed by atoms with E-state index in [1.165, 1.54) is 0 Å². The predicted molar refractivity (Wildman–Crippen MR) is 105 cm³/mol. The third-order valence-corrected chi connectivity index (χ3v) is 4.36. The Bertz CT molecular complexity index is 964. The van der Waals surface area contributed by atoms with Gasteiger partial charge < -0.3 is 29.0 Å². The van der Waals surface area contributed by atoms with Crippen LogP contribution >= 0.6 is 0 Å². The summed E-state index contributed by atoms with van der Waals surface area (Å²) in [6.45, 7) is 0. The molecule has 0 spiro atoms. The van der Waals surface area contributed by atoms with Gasteiger partial charge in [0.1, 0.15) is 28.7 Å². The normalized spacial score (nSPS) is 10.4. The molecule has 0 saturated carbocycles. The second kappa shape index (κ2) is 7.96. The molecule has 7 nitrogen and oxygen atoms in total. The first-order valence-corrected chi connectivity index (χ1v) is 8.42. The molecule has 0 aliphatic carbocycles. The molecule has 0 radical (unpaired) electrons. The number of carbonyl (C=O) groups is 1. The SMILES string of the molecule is COc1cc(OC)cc(-c2cc(-c3cc(OC)cc(OC)c3)c(C(=O)O)[nH]2)c1. The Morgan fingerprint density at radius 1 is 0.714 bits per heavy atom. The Labute approximate surface area is 162 Å². The molecular formula is C21H21NO6. The molecule has 7 heteroatoms. The van der Waals surface area contributed by atoms with Crippen molar-refractivity contribution in [3.63, 3.8) is 0 Å². The number of hydrogen-bond donors (Lipinski definition) is 2. The molecule has 2 aromatic carbocycles. The second-order valence-electron chi connectivity index (χ2n) is 5.98. The third-order valence-electron chi connectivity index (χ3n) is 4.36. The van der Waals surface area contributed by atoms with Crippen LogP contribution in [0, 0.1) is 0 Å². The number of methoxy groups -OCH3 is 4. The Kier molecular flexibility index (Phi) is 5.44. The van der Waals surface area contributed by atoms with Crippen LogP contribution in [0.25, 0.3) is 22.4 Å². The van der Waals surface area contributed by atoms with Crippen molar-refractivity contribution in [2.45, 2.75) is 0 Å². The van der Waals surface area contributed by atoms with Crippen molar-refractivity contribution in [1.82, 2.24) is 4.98 Å². The number of carboxylic acids is 1. The lowest BCUT2D eigenvalue weighted by atomic mass is 10.0. The molecule has 0 fully saturated rings. The smallest absolute Gasteiger partial charge is 0.352 e. The number of ether oxygens (including phenoxy) is 4. The zero-order valence-corrected chi connectivity index (χ0v) is 16.0. The van der Waals surface area contributed by atoms with E-state index >= 15 is 0 Å². The van der Waals surface area contributed by atoms with Gasteiger partial charge in [0.15, 0.2) is 0 Å². The van der Waals surface area contributed by atoms with E-state index in [4.69, 9.17) is 18.9 Å². The summed E-state index contributed by atoms with van der Waals surface area (Å²) in [5.41, 5.74) is 2.59. The molecule has 0 unspecified atom stereocenters. The topological polar surface area (TPSA) is 90.0 Å². The molecule has 146 valence electrons. The van der Waals surface area contributed by atoms with Crippen molar-refractivity contribution < 1.29 is 28.8 Å². The van der Waals surface area contributed by atoms with E-state index in [-0.39, 0.29) is 5.69 Å². The highest BCUT2D eigenvalue weighted by Crippen LogP contribution is 2.36. The number of aromatic nitrogens is 1. The molecule has 0 amide bonds. The highest BCUT2D eigenvalue weighted by atomic mass is 16.5. The van der Waals surface area contributed by atoms with Crippen molar-refractivity contribution in [2.24, 2.45) is 0 Å². The van der Waals surface area contributed by atoms with Crippen molar-refractivity contribution >= 4 is 5.97 Å². The first-order valence-electron chi connectivity index (χ1n) is 8.42. The zero-order chi connectivity index (χ0) is 20.3. The first-order chi connectivity index (χ1) is 13.5. The average molecular weight is 383 g/mol. The lowest BCUT2D eigenvalue weighted by Gasteiger charge is -2.08. The van der Waals surface area contributed by atoms with Crippen molar-refractivity contribution in [2.75, 3.05) is 28.4 Å². The minimum atomic E-state index is -1.07. The van der Waals surface area contributed by atoms with Crippen molar-refractivity contribution in [3.05, 3.63) is 48.2 Å². The third kappa shape index (κ3) is 3.73. The molecule has 2 N–H and O–H groups in total. The van der Waals surface area contributed by atoms with Crippen LogP contribution in [0.1, 0.15) is 10.5 Å². The number of H-pyrrole nitrogens is 1. The molecule has 28 heavy (non-hydrogen) atoms. The van der Waals surface area contributed by atoms with Crippen molar-refractivity contribution in [1.29, 1.82) is 0 Å². The second-order valence-corrected chi connectivity index (χ2v) is 5.98. The lowest BCUT2D eigenvalue weighted by molar-refractivity contribution is 0.0692. The summed E-state index contributed by atoms with van der Waals surface area (Å²) in [5, 5.41) is 9.70. The van der Waals surface area contributed by atoms with Gasteiger partial charge in [-0.2, -0.15) is 0 Å². The van der Waals surface area contributed by atoms with Crippen LogP contribution in [0.4, 0.5) is 0 Å². The van der Waals surface area contributed by atoms with E-state index in [1.54, 1.807) is 70.9 Å². The largest absolute Gasteiger partial charge is 0.497 e. The van der Waals surface area contributed by atoms with Crippen LogP contribution in [-0.2, 0) is 0 Å². The number of hydrogen-bond acceptors (Lipinski definition) is 5. The molecule has 0 bridgehead atoms. The quantitative estimate of drug-likeness (QED) is 0.639. The maximum Gasteiger partial charge on any atom is 0.352 e. The Morgan fingerprint density at radius 2 is 1.14 bits per heavy atom. The van der Waals surface area contributed by atoms with Gasteiger partial charge in [0, 0.05) is 29.0 Å². The van der Waals surface area contributed by atoms with E-state index in [0.717, 1.165) is 5.56 Å². The van der Waals surface area contributed by atoms with Gasteiger partial charge in [-0.25, -0.2) is 4.79 Å². The zero-order valence-electron chi connectivity index (χ0n) is 16.0. The molecule has 0 atom stereocenters. The number of aromatic carboxylic acids is 1. The molecule has 1 heterocycles. The van der Waals surface area contributed by atoms with Gasteiger partial charge in [0.25, 0.3) is 0 Å². The predicted octanol–water partition coefficient (Wildman–Crippen LogP) is 4.08. The van der Waals surface area contributed by atoms with Gasteiger partial charge in [-0.1, -0.05) is 0 Å². The first kappa shape index (κ1) is 19.2. The number of benzene rings is 2. The summed E-state index contributed by atoms with van der Waals surface area (Å²) in [6.07, 6.45) is 0. The van der Waals surface area contributed by atoms with E-state index in [0.29, 0.717) is 39.8 Å². The molecular weight excluding hydrogens is 362 g/mol. The Hall–Kier alpha value is -3.61. The Balaban J connectivity index is 2.18. The van der Waals surface area contributed by atoms with Gasteiger partial charge in [-0.05, 0) is 35.9 Å². The van der Waals surface area contributed by atoms with Crippen LogP contribution in [0.15, 0.2) is 42.5 Å².